The minimum absolute atomic E-state index is 0.169. The molecule has 0 fully saturated rings. The summed E-state index contributed by atoms with van der Waals surface area (Å²) in [4.78, 5) is 0.975. The summed E-state index contributed by atoms with van der Waals surface area (Å²) >= 11 is 1.54. The highest BCUT2D eigenvalue weighted by molar-refractivity contribution is 7.98. The fourth-order valence-corrected chi connectivity index (χ4v) is 1.74. The highest BCUT2D eigenvalue weighted by atomic mass is 32.2. The molecule has 2 nitrogen and oxygen atoms in total. The average Bonchev–Trinajstić information content (AvgIpc) is 2.27. The maximum atomic E-state index is 11.8. The van der Waals surface area contributed by atoms with E-state index in [0.29, 0.717) is 5.75 Å². The van der Waals surface area contributed by atoms with Gasteiger partial charge < -0.3 is 10.1 Å². The van der Waals surface area contributed by atoms with Gasteiger partial charge in [0.1, 0.15) is 12.4 Å². The van der Waals surface area contributed by atoms with Gasteiger partial charge in [-0.25, -0.2) is 0 Å². The zero-order chi connectivity index (χ0) is 12.7. The predicted molar refractivity (Wildman–Crippen MR) is 62.6 cm³/mol. The standard InChI is InChI=1S/C11H14F3NOS/c1-17-10-5-3-2-4-9(10)16-7-6-15-8-11(12,13)14/h2-5,15H,6-8H2,1H3. The molecule has 0 aliphatic carbocycles. The van der Waals surface area contributed by atoms with Crippen molar-refractivity contribution in [3.8, 4) is 5.75 Å². The molecular formula is C11H14F3NOS. The van der Waals surface area contributed by atoms with Crippen molar-refractivity contribution in [2.75, 3.05) is 26.0 Å². The van der Waals surface area contributed by atoms with E-state index in [4.69, 9.17) is 4.74 Å². The van der Waals surface area contributed by atoms with Crippen LogP contribution in [0.3, 0.4) is 0 Å². The van der Waals surface area contributed by atoms with Crippen LogP contribution in [0.25, 0.3) is 0 Å². The second kappa shape index (κ2) is 6.76. The maximum absolute atomic E-state index is 11.8. The molecular weight excluding hydrogens is 251 g/mol. The van der Waals surface area contributed by atoms with Crippen molar-refractivity contribution in [1.82, 2.24) is 5.32 Å². The zero-order valence-corrected chi connectivity index (χ0v) is 10.2. The molecule has 0 amide bonds. The number of hydrogen-bond acceptors (Lipinski definition) is 3. The zero-order valence-electron chi connectivity index (χ0n) is 9.38. The predicted octanol–water partition coefficient (Wildman–Crippen LogP) is 2.94. The van der Waals surface area contributed by atoms with E-state index in [9.17, 15) is 13.2 Å². The van der Waals surface area contributed by atoms with Gasteiger partial charge in [0.2, 0.25) is 0 Å². The van der Waals surface area contributed by atoms with Gasteiger partial charge in [0.05, 0.1) is 6.54 Å². The summed E-state index contributed by atoms with van der Waals surface area (Å²) in [6.45, 7) is -0.601. The number of ether oxygens (including phenoxy) is 1. The Morgan fingerprint density at radius 1 is 1.29 bits per heavy atom. The summed E-state index contributed by atoms with van der Waals surface area (Å²) in [6.07, 6.45) is -2.25. The van der Waals surface area contributed by atoms with Crippen molar-refractivity contribution < 1.29 is 17.9 Å². The lowest BCUT2D eigenvalue weighted by molar-refractivity contribution is -0.124. The van der Waals surface area contributed by atoms with Crippen LogP contribution in [-0.4, -0.2) is 32.1 Å². The molecule has 0 bridgehead atoms. The topological polar surface area (TPSA) is 21.3 Å². The Morgan fingerprint density at radius 3 is 2.65 bits per heavy atom. The van der Waals surface area contributed by atoms with Gasteiger partial charge in [0, 0.05) is 11.4 Å². The van der Waals surface area contributed by atoms with Crippen LogP contribution < -0.4 is 10.1 Å². The molecule has 1 N–H and O–H groups in total. The number of alkyl halides is 3. The van der Waals surface area contributed by atoms with Gasteiger partial charge in [-0.15, -0.1) is 11.8 Å². The molecule has 0 aromatic heterocycles. The van der Waals surface area contributed by atoms with Crippen molar-refractivity contribution in [2.24, 2.45) is 0 Å². The Morgan fingerprint density at radius 2 is 2.00 bits per heavy atom. The molecule has 96 valence electrons. The normalized spacial score (nSPS) is 11.5. The highest BCUT2D eigenvalue weighted by Gasteiger charge is 2.25. The SMILES string of the molecule is CSc1ccccc1OCCNCC(F)(F)F. The number of hydrogen-bond donors (Lipinski definition) is 1. The van der Waals surface area contributed by atoms with Crippen LogP contribution in [0.5, 0.6) is 5.75 Å². The van der Waals surface area contributed by atoms with E-state index in [-0.39, 0.29) is 13.2 Å². The summed E-state index contributed by atoms with van der Waals surface area (Å²) in [5, 5.41) is 2.28. The largest absolute Gasteiger partial charge is 0.491 e. The lowest BCUT2D eigenvalue weighted by atomic mass is 10.3. The fourth-order valence-electron chi connectivity index (χ4n) is 1.20. The molecule has 17 heavy (non-hydrogen) atoms. The number of rotatable bonds is 6. The smallest absolute Gasteiger partial charge is 0.401 e. The van der Waals surface area contributed by atoms with Crippen molar-refractivity contribution in [1.29, 1.82) is 0 Å². The van der Waals surface area contributed by atoms with Crippen molar-refractivity contribution in [3.63, 3.8) is 0 Å². The van der Waals surface area contributed by atoms with Crippen LogP contribution in [0.4, 0.5) is 13.2 Å². The molecule has 0 saturated carbocycles. The van der Waals surface area contributed by atoms with E-state index >= 15 is 0 Å². The summed E-state index contributed by atoms with van der Waals surface area (Å²) < 4.78 is 40.8. The van der Waals surface area contributed by atoms with Crippen LogP contribution in [0.2, 0.25) is 0 Å². The quantitative estimate of drug-likeness (QED) is 0.631. The van der Waals surface area contributed by atoms with Crippen LogP contribution in [0.15, 0.2) is 29.2 Å². The summed E-state index contributed by atoms with van der Waals surface area (Å²) in [7, 11) is 0. The molecule has 0 radical (unpaired) electrons. The van der Waals surface area contributed by atoms with Crippen LogP contribution in [-0.2, 0) is 0 Å². The monoisotopic (exact) mass is 265 g/mol. The Balaban J connectivity index is 2.27. The lowest BCUT2D eigenvalue weighted by Crippen LogP contribution is -2.31. The van der Waals surface area contributed by atoms with E-state index in [1.807, 2.05) is 24.5 Å². The number of benzene rings is 1. The molecule has 1 rings (SSSR count). The van der Waals surface area contributed by atoms with Crippen molar-refractivity contribution in [2.45, 2.75) is 11.1 Å². The number of para-hydroxylation sites is 1. The van der Waals surface area contributed by atoms with E-state index < -0.39 is 12.7 Å². The first-order chi connectivity index (χ1) is 8.03. The number of nitrogens with one attached hydrogen (secondary N) is 1. The number of halogens is 3. The average molecular weight is 265 g/mol. The van der Waals surface area contributed by atoms with Crippen molar-refractivity contribution >= 4 is 11.8 Å². The lowest BCUT2D eigenvalue weighted by Gasteiger charge is -2.11. The molecule has 6 heteroatoms. The Hall–Kier alpha value is -0.880. The van der Waals surface area contributed by atoms with Gasteiger partial charge in [0.25, 0.3) is 0 Å². The Labute approximate surface area is 103 Å². The maximum Gasteiger partial charge on any atom is 0.401 e. The molecule has 0 aliphatic rings. The van der Waals surface area contributed by atoms with E-state index in [1.165, 1.54) is 11.8 Å². The van der Waals surface area contributed by atoms with E-state index in [1.54, 1.807) is 6.07 Å². The van der Waals surface area contributed by atoms with Crippen LogP contribution in [0, 0.1) is 0 Å². The summed E-state index contributed by atoms with van der Waals surface area (Å²) in [5.41, 5.74) is 0. The third kappa shape index (κ3) is 5.83. The Kier molecular flexibility index (Phi) is 5.64. The first kappa shape index (κ1) is 14.2. The third-order valence-corrected chi connectivity index (χ3v) is 2.71. The van der Waals surface area contributed by atoms with Crippen LogP contribution >= 0.6 is 11.8 Å². The summed E-state index contributed by atoms with van der Waals surface area (Å²) in [6, 6.07) is 7.43. The number of thioether (sulfide) groups is 1. The highest BCUT2D eigenvalue weighted by Crippen LogP contribution is 2.26. The van der Waals surface area contributed by atoms with Gasteiger partial charge in [-0.3, -0.25) is 0 Å². The van der Waals surface area contributed by atoms with Gasteiger partial charge in [-0.1, -0.05) is 12.1 Å². The fraction of sp³-hybridized carbons (Fsp3) is 0.455. The molecule has 1 aromatic carbocycles. The molecule has 1 aromatic rings. The van der Waals surface area contributed by atoms with E-state index in [2.05, 4.69) is 5.32 Å². The summed E-state index contributed by atoms with van der Waals surface area (Å²) in [5.74, 6) is 0.703. The van der Waals surface area contributed by atoms with Crippen molar-refractivity contribution in [3.05, 3.63) is 24.3 Å². The first-order valence-electron chi connectivity index (χ1n) is 5.06. The Bertz CT molecular complexity index is 344. The second-order valence-electron chi connectivity index (χ2n) is 3.29. The second-order valence-corrected chi connectivity index (χ2v) is 4.14. The molecule has 0 saturated heterocycles. The first-order valence-corrected chi connectivity index (χ1v) is 6.28. The van der Waals surface area contributed by atoms with Gasteiger partial charge in [0.15, 0.2) is 0 Å². The van der Waals surface area contributed by atoms with Crippen LogP contribution in [0.1, 0.15) is 0 Å². The molecule has 0 unspecified atom stereocenters. The van der Waals surface area contributed by atoms with Gasteiger partial charge in [-0.05, 0) is 18.4 Å². The van der Waals surface area contributed by atoms with E-state index in [0.717, 1.165) is 4.90 Å². The molecule has 0 heterocycles. The molecule has 0 atom stereocenters. The minimum Gasteiger partial charge on any atom is -0.491 e. The van der Waals surface area contributed by atoms with Gasteiger partial charge >= 0.3 is 6.18 Å². The molecule has 0 spiro atoms. The third-order valence-electron chi connectivity index (χ3n) is 1.93. The minimum atomic E-state index is -4.17. The molecule has 0 aliphatic heterocycles. The van der Waals surface area contributed by atoms with Gasteiger partial charge in [-0.2, -0.15) is 13.2 Å².